The first kappa shape index (κ1) is 27.1. The van der Waals surface area contributed by atoms with Crippen LogP contribution < -0.4 is 24.8 Å². The van der Waals surface area contributed by atoms with Crippen molar-refractivity contribution in [2.75, 3.05) is 6.61 Å². The molecule has 2 aliphatic carbocycles. The van der Waals surface area contributed by atoms with Gasteiger partial charge in [-0.2, -0.15) is 0 Å². The minimum atomic E-state index is -1.54. The fourth-order valence-corrected chi connectivity index (χ4v) is 8.73. The van der Waals surface area contributed by atoms with Gasteiger partial charge in [0.05, 0.1) is 0 Å². The van der Waals surface area contributed by atoms with Gasteiger partial charge in [0, 0.05) is 0 Å². The second kappa shape index (κ2) is 10.6. The molecule has 155 valence electrons. The molecule has 0 bridgehead atoms. The van der Waals surface area contributed by atoms with Crippen molar-refractivity contribution < 1.29 is 54.0 Å². The molecule has 0 aromatic heterocycles. The van der Waals surface area contributed by atoms with Gasteiger partial charge in [-0.1, -0.05) is 0 Å². The van der Waals surface area contributed by atoms with Gasteiger partial charge in [-0.05, 0) is 0 Å². The Labute approximate surface area is 206 Å². The molecule has 6 heteroatoms. The average Bonchev–Trinajstić information content (AvgIpc) is 3.17. The second-order valence-corrected chi connectivity index (χ2v) is 19.6. The minimum absolute atomic E-state index is 0. The molecule has 0 amide bonds. The summed E-state index contributed by atoms with van der Waals surface area (Å²) < 4.78 is 7.74. The monoisotopic (exact) mass is 539 g/mol. The van der Waals surface area contributed by atoms with E-state index in [2.05, 4.69) is 82.2 Å². The zero-order valence-corrected chi connectivity index (χ0v) is 24.3. The maximum absolute atomic E-state index is 6.21. The SMILES string of the molecule is CC=C1C(C2=C([Si](C)(C)CCO[Si](C)(C)C)C=CC2)=[C]([Zr+2])c2ccccc21.[Cl-].[Cl-]. The summed E-state index contributed by atoms with van der Waals surface area (Å²) in [6.07, 6.45) is 8.21. The number of benzene rings is 1. The molecule has 0 spiro atoms. The molecule has 1 nitrogen and oxygen atoms in total. The Morgan fingerprint density at radius 2 is 1.66 bits per heavy atom. The summed E-state index contributed by atoms with van der Waals surface area (Å²) in [5.41, 5.74) is 7.43. The Bertz CT molecular complexity index is 877. The largest absolute Gasteiger partial charge is 1.00 e. The molecule has 1 aromatic rings. The van der Waals surface area contributed by atoms with Crippen LogP contribution in [0.25, 0.3) is 8.85 Å². The van der Waals surface area contributed by atoms with E-state index < -0.39 is 16.4 Å². The molecule has 2 aliphatic rings. The smallest absolute Gasteiger partial charge is 1.00 e. The summed E-state index contributed by atoms with van der Waals surface area (Å²) in [5, 5.41) is 1.64. The third-order valence-electron chi connectivity index (χ3n) is 5.52. The van der Waals surface area contributed by atoms with E-state index in [0.717, 1.165) is 13.0 Å². The standard InChI is InChI=1S/C23H31OSi2.2ClH.Zr/c1-7-19-20-12-9-8-11-18(20)17-22(19)21-13-10-14-23(21)26(5,6)16-15-24-25(2,3)4;;;/h7-12,14H,13,15-16H2,1-6H3;2*1H;/q;;;+2/p-2. The van der Waals surface area contributed by atoms with Crippen molar-refractivity contribution in [2.45, 2.75) is 52.1 Å². The predicted molar refractivity (Wildman–Crippen MR) is 119 cm³/mol. The van der Waals surface area contributed by atoms with Gasteiger partial charge in [-0.3, -0.25) is 0 Å². The van der Waals surface area contributed by atoms with E-state index in [-0.39, 0.29) is 24.8 Å². The summed E-state index contributed by atoms with van der Waals surface area (Å²) in [6, 6.07) is 10.1. The van der Waals surface area contributed by atoms with Crippen molar-refractivity contribution in [3.63, 3.8) is 0 Å². The zero-order chi connectivity index (χ0) is 19.8. The van der Waals surface area contributed by atoms with Gasteiger partial charge < -0.3 is 24.8 Å². The zero-order valence-electron chi connectivity index (χ0n) is 18.3. The minimum Gasteiger partial charge on any atom is -1.00 e. The molecule has 0 fully saturated rings. The van der Waals surface area contributed by atoms with Gasteiger partial charge in [-0.25, -0.2) is 0 Å². The molecule has 0 unspecified atom stereocenters. The first-order valence-electron chi connectivity index (χ1n) is 9.92. The van der Waals surface area contributed by atoms with Crippen molar-refractivity contribution >= 4 is 25.2 Å². The Balaban J connectivity index is 0.00000210. The Morgan fingerprint density at radius 3 is 2.24 bits per heavy atom. The number of rotatable bonds is 6. The van der Waals surface area contributed by atoms with E-state index in [1.807, 2.05) is 0 Å². The third-order valence-corrected chi connectivity index (χ3v) is 11.2. The molecule has 0 saturated carbocycles. The molecule has 0 aliphatic heterocycles. The predicted octanol–water partition coefficient (Wildman–Crippen LogP) is 0.725. The number of hydrogen-bond acceptors (Lipinski definition) is 1. The van der Waals surface area contributed by atoms with E-state index in [0.29, 0.717) is 0 Å². The van der Waals surface area contributed by atoms with Crippen LogP contribution in [0.1, 0.15) is 24.5 Å². The van der Waals surface area contributed by atoms with Crippen LogP contribution in [0.15, 0.2) is 58.8 Å². The van der Waals surface area contributed by atoms with Gasteiger partial charge in [0.15, 0.2) is 0 Å². The number of allylic oxidation sites excluding steroid dienone is 7. The van der Waals surface area contributed by atoms with E-state index >= 15 is 0 Å². The number of halogens is 2. The van der Waals surface area contributed by atoms with Crippen LogP contribution in [0.3, 0.4) is 0 Å². The van der Waals surface area contributed by atoms with E-state index in [1.54, 1.807) is 10.8 Å². The van der Waals surface area contributed by atoms with Gasteiger partial charge >= 0.3 is 183 Å². The van der Waals surface area contributed by atoms with Gasteiger partial charge in [0.1, 0.15) is 0 Å². The molecule has 0 heterocycles. The molecule has 29 heavy (non-hydrogen) atoms. The molecule has 0 radical (unpaired) electrons. The summed E-state index contributed by atoms with van der Waals surface area (Å²) in [7, 11) is -2.97. The number of fused-ring (bicyclic) bond motifs is 1. The molecule has 0 atom stereocenters. The van der Waals surface area contributed by atoms with Crippen LogP contribution in [0.2, 0.25) is 38.8 Å². The van der Waals surface area contributed by atoms with Crippen molar-refractivity contribution in [1.29, 1.82) is 0 Å². The molecule has 0 saturated heterocycles. The number of hydrogen-bond donors (Lipinski definition) is 0. The molecule has 1 aromatic carbocycles. The quantitative estimate of drug-likeness (QED) is 0.483. The normalized spacial score (nSPS) is 17.6. The first-order valence-corrected chi connectivity index (χ1v) is 17.8. The van der Waals surface area contributed by atoms with Crippen molar-refractivity contribution in [1.82, 2.24) is 0 Å². The summed E-state index contributed by atoms with van der Waals surface area (Å²) >= 11 is 1.52. The van der Waals surface area contributed by atoms with Crippen molar-refractivity contribution in [3.05, 3.63) is 70.0 Å². The van der Waals surface area contributed by atoms with E-state index in [9.17, 15) is 0 Å². The van der Waals surface area contributed by atoms with Gasteiger partial charge in [0.25, 0.3) is 0 Å². The average molecular weight is 542 g/mol. The summed E-state index contributed by atoms with van der Waals surface area (Å²) in [5.74, 6) is 0. The first-order chi connectivity index (χ1) is 12.7. The van der Waals surface area contributed by atoms with Crippen molar-refractivity contribution in [2.24, 2.45) is 0 Å². The molecule has 0 N–H and O–H groups in total. The Hall–Kier alpha value is 0.0369. The van der Waals surface area contributed by atoms with Gasteiger partial charge in [0.2, 0.25) is 0 Å². The Kier molecular flexibility index (Phi) is 9.87. The summed E-state index contributed by atoms with van der Waals surface area (Å²) in [4.78, 5) is 0. The Morgan fingerprint density at radius 1 is 1.03 bits per heavy atom. The van der Waals surface area contributed by atoms with E-state index in [1.165, 1.54) is 56.3 Å². The van der Waals surface area contributed by atoms with Crippen LogP contribution >= 0.6 is 0 Å². The molecular formula is C23H31Cl2OSi2Zr. The summed E-state index contributed by atoms with van der Waals surface area (Å²) in [6.45, 7) is 15.0. The third kappa shape index (κ3) is 5.84. The fraction of sp³-hybridized carbons (Fsp3) is 0.391. The maximum Gasteiger partial charge on any atom is -1.00 e. The molecular weight excluding hydrogens is 511 g/mol. The molecule has 3 rings (SSSR count). The van der Waals surface area contributed by atoms with Crippen LogP contribution in [-0.2, 0) is 29.1 Å². The van der Waals surface area contributed by atoms with Crippen LogP contribution in [0.4, 0.5) is 0 Å². The van der Waals surface area contributed by atoms with Crippen LogP contribution in [0, 0.1) is 0 Å². The van der Waals surface area contributed by atoms with Gasteiger partial charge in [-0.15, -0.1) is 0 Å². The van der Waals surface area contributed by atoms with Crippen LogP contribution in [-0.4, -0.2) is 23.0 Å². The fourth-order valence-electron chi connectivity index (χ4n) is 4.08. The topological polar surface area (TPSA) is 9.23 Å². The maximum atomic E-state index is 6.21. The van der Waals surface area contributed by atoms with Crippen molar-refractivity contribution in [3.8, 4) is 0 Å². The van der Waals surface area contributed by atoms with Crippen LogP contribution in [0.5, 0.6) is 0 Å². The second-order valence-electron chi connectivity index (χ2n) is 9.09. The van der Waals surface area contributed by atoms with E-state index in [4.69, 9.17) is 4.43 Å².